The summed E-state index contributed by atoms with van der Waals surface area (Å²) in [5.74, 6) is 0. The monoisotopic (exact) mass is 123 g/mol. The molecule has 0 atom stereocenters. The largest absolute Gasteiger partial charge is 0.305 e. The molecule has 0 unspecified atom stereocenters. The average Bonchev–Trinajstić information content (AvgIpc) is 2.37. The number of hydrogen-bond donors (Lipinski definition) is 1. The van der Waals surface area contributed by atoms with Gasteiger partial charge >= 0.3 is 0 Å². The number of rotatable bonds is 2. The third-order valence-electron chi connectivity index (χ3n) is 1.78. The molecule has 0 amide bonds. The molecule has 0 aromatic heterocycles. The first-order valence-electron chi connectivity index (χ1n) is 3.61. The smallest absolute Gasteiger partial charge is 0.0339 e. The predicted octanol–water partition coefficient (Wildman–Crippen LogP) is 2.53. The van der Waals surface area contributed by atoms with Crippen LogP contribution in [0.2, 0.25) is 0 Å². The molecule has 0 saturated heterocycles. The van der Waals surface area contributed by atoms with Crippen molar-refractivity contribution >= 4 is 5.71 Å². The highest BCUT2D eigenvalue weighted by Gasteiger charge is 2.06. The maximum atomic E-state index is 7.47. The molecule has 0 bridgehead atoms. The van der Waals surface area contributed by atoms with Crippen LogP contribution < -0.4 is 0 Å². The van der Waals surface area contributed by atoms with Crippen molar-refractivity contribution < 1.29 is 0 Å². The molecule has 0 radical (unpaired) electrons. The first kappa shape index (κ1) is 6.53. The average molecular weight is 123 g/mol. The minimum atomic E-state index is 0.840. The van der Waals surface area contributed by atoms with E-state index in [0.717, 1.165) is 18.6 Å². The summed E-state index contributed by atoms with van der Waals surface area (Å²) in [6.07, 6.45) is 6.69. The molecule has 1 aliphatic carbocycles. The third-order valence-corrected chi connectivity index (χ3v) is 1.78. The van der Waals surface area contributed by atoms with E-state index >= 15 is 0 Å². The Morgan fingerprint density at radius 1 is 1.78 bits per heavy atom. The summed E-state index contributed by atoms with van der Waals surface area (Å²) in [5.41, 5.74) is 2.13. The normalized spacial score (nSPS) is 17.7. The molecule has 0 aromatic rings. The van der Waals surface area contributed by atoms with Gasteiger partial charge in [0.15, 0.2) is 0 Å². The zero-order chi connectivity index (χ0) is 6.69. The van der Waals surface area contributed by atoms with Gasteiger partial charge in [-0.2, -0.15) is 0 Å². The molecule has 0 fully saturated rings. The van der Waals surface area contributed by atoms with Crippen molar-refractivity contribution in [3.8, 4) is 0 Å². The van der Waals surface area contributed by atoms with Crippen molar-refractivity contribution in [1.82, 2.24) is 0 Å². The van der Waals surface area contributed by atoms with Crippen LogP contribution in [0.15, 0.2) is 11.6 Å². The Balaban J connectivity index is 2.51. The topological polar surface area (TPSA) is 23.9 Å². The van der Waals surface area contributed by atoms with E-state index in [-0.39, 0.29) is 0 Å². The highest BCUT2D eigenvalue weighted by atomic mass is 14.4. The van der Waals surface area contributed by atoms with Gasteiger partial charge in [-0.15, -0.1) is 0 Å². The van der Waals surface area contributed by atoms with Crippen LogP contribution in [-0.4, -0.2) is 5.71 Å². The molecule has 1 aliphatic rings. The van der Waals surface area contributed by atoms with Gasteiger partial charge in [-0.3, -0.25) is 0 Å². The van der Waals surface area contributed by atoms with Crippen LogP contribution >= 0.6 is 0 Å². The molecule has 0 saturated carbocycles. The Morgan fingerprint density at radius 3 is 3.00 bits per heavy atom. The summed E-state index contributed by atoms with van der Waals surface area (Å²) in [5, 5.41) is 7.47. The number of nitrogens with one attached hydrogen (secondary N) is 1. The van der Waals surface area contributed by atoms with E-state index in [0.29, 0.717) is 0 Å². The second-order valence-electron chi connectivity index (χ2n) is 2.45. The lowest BCUT2D eigenvalue weighted by Gasteiger charge is -1.98. The number of allylic oxidation sites excluding steroid dienone is 2. The van der Waals surface area contributed by atoms with Crippen LogP contribution in [0.1, 0.15) is 32.6 Å². The van der Waals surface area contributed by atoms with Crippen LogP contribution in [0.5, 0.6) is 0 Å². The summed E-state index contributed by atoms with van der Waals surface area (Å²) >= 11 is 0. The molecular formula is C8H13N. The summed E-state index contributed by atoms with van der Waals surface area (Å²) in [7, 11) is 0. The molecular weight excluding hydrogens is 110 g/mol. The molecule has 1 N–H and O–H groups in total. The zero-order valence-corrected chi connectivity index (χ0v) is 5.91. The molecule has 1 nitrogen and oxygen atoms in total. The third kappa shape index (κ3) is 1.41. The molecule has 0 aromatic carbocycles. The van der Waals surface area contributed by atoms with Crippen LogP contribution in [0.3, 0.4) is 0 Å². The van der Waals surface area contributed by atoms with Gasteiger partial charge < -0.3 is 5.41 Å². The van der Waals surface area contributed by atoms with Gasteiger partial charge in [0.25, 0.3) is 0 Å². The second-order valence-corrected chi connectivity index (χ2v) is 2.45. The summed E-state index contributed by atoms with van der Waals surface area (Å²) < 4.78 is 0. The lowest BCUT2D eigenvalue weighted by atomic mass is 10.1. The quantitative estimate of drug-likeness (QED) is 0.545. The van der Waals surface area contributed by atoms with E-state index in [1.807, 2.05) is 6.92 Å². The van der Waals surface area contributed by atoms with Gasteiger partial charge in [0.1, 0.15) is 0 Å². The first-order chi connectivity index (χ1) is 4.34. The summed E-state index contributed by atoms with van der Waals surface area (Å²) in [6, 6.07) is 0. The Labute approximate surface area is 56.3 Å². The predicted molar refractivity (Wildman–Crippen MR) is 40.0 cm³/mol. The van der Waals surface area contributed by atoms with E-state index in [4.69, 9.17) is 5.41 Å². The Bertz CT molecular complexity index is 145. The standard InChI is InChI=1S/C8H13N/c1-2-8(9)7-5-3-4-6-7/h5,9H,2-4,6H2,1H3. The zero-order valence-electron chi connectivity index (χ0n) is 5.91. The highest BCUT2D eigenvalue weighted by Crippen LogP contribution is 2.19. The van der Waals surface area contributed by atoms with E-state index < -0.39 is 0 Å². The van der Waals surface area contributed by atoms with E-state index in [1.54, 1.807) is 0 Å². The summed E-state index contributed by atoms with van der Waals surface area (Å²) in [4.78, 5) is 0. The van der Waals surface area contributed by atoms with Gasteiger partial charge in [0, 0.05) is 5.71 Å². The fourth-order valence-electron chi connectivity index (χ4n) is 1.17. The van der Waals surface area contributed by atoms with Gasteiger partial charge in [-0.05, 0) is 31.3 Å². The van der Waals surface area contributed by atoms with Crippen LogP contribution in [0.4, 0.5) is 0 Å². The van der Waals surface area contributed by atoms with Crippen molar-refractivity contribution in [1.29, 1.82) is 5.41 Å². The maximum absolute atomic E-state index is 7.47. The van der Waals surface area contributed by atoms with Gasteiger partial charge in [0.2, 0.25) is 0 Å². The Kier molecular flexibility index (Phi) is 2.04. The molecule has 1 rings (SSSR count). The van der Waals surface area contributed by atoms with E-state index in [9.17, 15) is 0 Å². The van der Waals surface area contributed by atoms with Gasteiger partial charge in [-0.1, -0.05) is 13.0 Å². The second kappa shape index (κ2) is 2.81. The number of hydrogen-bond acceptors (Lipinski definition) is 1. The lowest BCUT2D eigenvalue weighted by molar-refractivity contribution is 0.917. The first-order valence-corrected chi connectivity index (χ1v) is 3.61. The van der Waals surface area contributed by atoms with Crippen LogP contribution in [0.25, 0.3) is 0 Å². The lowest BCUT2D eigenvalue weighted by Crippen LogP contribution is -1.95. The molecule has 0 spiro atoms. The Morgan fingerprint density at radius 2 is 2.56 bits per heavy atom. The minimum Gasteiger partial charge on any atom is -0.305 e. The van der Waals surface area contributed by atoms with Crippen LogP contribution in [-0.2, 0) is 0 Å². The summed E-state index contributed by atoms with van der Waals surface area (Å²) in [6.45, 7) is 2.04. The molecule has 1 heteroatoms. The minimum absolute atomic E-state index is 0.840. The van der Waals surface area contributed by atoms with E-state index in [2.05, 4.69) is 6.08 Å². The van der Waals surface area contributed by atoms with Crippen molar-refractivity contribution in [3.05, 3.63) is 11.6 Å². The van der Waals surface area contributed by atoms with Crippen LogP contribution in [0, 0.1) is 5.41 Å². The molecule has 50 valence electrons. The maximum Gasteiger partial charge on any atom is 0.0339 e. The van der Waals surface area contributed by atoms with Gasteiger partial charge in [0.05, 0.1) is 0 Å². The van der Waals surface area contributed by atoms with Crippen molar-refractivity contribution in [2.75, 3.05) is 0 Å². The SMILES string of the molecule is CCC(=N)C1=CCCC1. The Hall–Kier alpha value is -0.590. The van der Waals surface area contributed by atoms with Crippen molar-refractivity contribution in [3.63, 3.8) is 0 Å². The molecule has 0 heterocycles. The van der Waals surface area contributed by atoms with E-state index in [1.165, 1.54) is 18.4 Å². The van der Waals surface area contributed by atoms with Gasteiger partial charge in [-0.25, -0.2) is 0 Å². The molecule has 0 aliphatic heterocycles. The highest BCUT2D eigenvalue weighted by molar-refractivity contribution is 5.97. The van der Waals surface area contributed by atoms with Crippen molar-refractivity contribution in [2.45, 2.75) is 32.6 Å². The fraction of sp³-hybridized carbons (Fsp3) is 0.625. The molecule has 9 heavy (non-hydrogen) atoms. The fourth-order valence-corrected chi connectivity index (χ4v) is 1.17. The van der Waals surface area contributed by atoms with Crippen molar-refractivity contribution in [2.24, 2.45) is 0 Å².